The van der Waals surface area contributed by atoms with Crippen LogP contribution < -0.4 is 5.32 Å². The maximum absolute atomic E-state index is 13.2. The van der Waals surface area contributed by atoms with Crippen LogP contribution in [0.5, 0.6) is 0 Å². The van der Waals surface area contributed by atoms with Crippen molar-refractivity contribution in [3.05, 3.63) is 59.9 Å². The summed E-state index contributed by atoms with van der Waals surface area (Å²) in [5, 5.41) is 11.9. The fourth-order valence-corrected chi connectivity index (χ4v) is 3.37. The maximum Gasteiger partial charge on any atom is 0.234 e. The molecule has 0 aliphatic rings. The minimum absolute atomic E-state index is 0.169. The zero-order valence-electron chi connectivity index (χ0n) is 14.6. The number of hydrogen-bond donors (Lipinski definition) is 1. The number of thioether (sulfide) groups is 1. The van der Waals surface area contributed by atoms with Crippen LogP contribution in [0.2, 0.25) is 0 Å². The average molecular weight is 370 g/mol. The predicted octanol–water partition coefficient (Wildman–Crippen LogP) is 4.14. The second-order valence-corrected chi connectivity index (χ2v) is 6.71. The molecule has 0 aliphatic heterocycles. The van der Waals surface area contributed by atoms with E-state index in [-0.39, 0.29) is 17.5 Å². The fraction of sp³-hybridized carbons (Fsp3) is 0.211. The number of nitrogens with zero attached hydrogens (tertiary/aromatic N) is 3. The lowest BCUT2D eigenvalue weighted by Gasteiger charge is -2.08. The molecule has 0 unspecified atom stereocenters. The van der Waals surface area contributed by atoms with E-state index < -0.39 is 0 Å². The molecule has 1 heterocycles. The normalized spacial score (nSPS) is 10.7. The van der Waals surface area contributed by atoms with Crippen molar-refractivity contribution in [2.45, 2.75) is 25.5 Å². The van der Waals surface area contributed by atoms with Gasteiger partial charge in [0.15, 0.2) is 11.0 Å². The summed E-state index contributed by atoms with van der Waals surface area (Å²) in [6.07, 6.45) is 0. The number of benzene rings is 2. The van der Waals surface area contributed by atoms with Gasteiger partial charge >= 0.3 is 0 Å². The molecule has 3 aromatic rings. The first-order valence-electron chi connectivity index (χ1n) is 8.25. The van der Waals surface area contributed by atoms with Crippen LogP contribution in [0.4, 0.5) is 10.1 Å². The fourth-order valence-electron chi connectivity index (χ4n) is 2.57. The van der Waals surface area contributed by atoms with Crippen LogP contribution in [0.15, 0.2) is 53.7 Å². The van der Waals surface area contributed by atoms with Crippen molar-refractivity contribution < 1.29 is 9.18 Å². The number of aryl methyl sites for hydroxylation is 1. The molecule has 0 bridgehead atoms. The van der Waals surface area contributed by atoms with E-state index >= 15 is 0 Å². The summed E-state index contributed by atoms with van der Waals surface area (Å²) in [7, 11) is 0. The third kappa shape index (κ3) is 4.29. The lowest BCUT2D eigenvalue weighted by Crippen LogP contribution is -2.14. The quantitative estimate of drug-likeness (QED) is 0.663. The predicted molar refractivity (Wildman–Crippen MR) is 102 cm³/mol. The van der Waals surface area contributed by atoms with E-state index in [9.17, 15) is 9.18 Å². The summed E-state index contributed by atoms with van der Waals surface area (Å²) in [6.45, 7) is 4.74. The molecule has 0 saturated carbocycles. The average Bonchev–Trinajstić information content (AvgIpc) is 3.03. The Kier molecular flexibility index (Phi) is 5.68. The third-order valence-corrected chi connectivity index (χ3v) is 4.72. The Morgan fingerprint density at radius 3 is 2.73 bits per heavy atom. The Balaban J connectivity index is 1.69. The van der Waals surface area contributed by atoms with Gasteiger partial charge in [0.05, 0.1) is 5.75 Å². The Bertz CT molecular complexity index is 925. The van der Waals surface area contributed by atoms with E-state index in [1.54, 1.807) is 12.1 Å². The minimum Gasteiger partial charge on any atom is -0.325 e. The summed E-state index contributed by atoms with van der Waals surface area (Å²) in [4.78, 5) is 12.1. The molecule has 1 N–H and O–H groups in total. The van der Waals surface area contributed by atoms with Crippen molar-refractivity contribution in [2.75, 3.05) is 11.1 Å². The van der Waals surface area contributed by atoms with Gasteiger partial charge in [-0.2, -0.15) is 0 Å². The van der Waals surface area contributed by atoms with Gasteiger partial charge in [-0.1, -0.05) is 41.6 Å². The zero-order chi connectivity index (χ0) is 18.5. The van der Waals surface area contributed by atoms with Crippen LogP contribution >= 0.6 is 11.8 Å². The van der Waals surface area contributed by atoms with Gasteiger partial charge in [-0.15, -0.1) is 10.2 Å². The molecular weight excluding hydrogens is 351 g/mol. The van der Waals surface area contributed by atoms with Gasteiger partial charge < -0.3 is 9.88 Å². The van der Waals surface area contributed by atoms with E-state index in [1.165, 1.54) is 23.9 Å². The molecule has 1 amide bonds. The van der Waals surface area contributed by atoms with Crippen LogP contribution in [0.25, 0.3) is 11.4 Å². The molecule has 5 nitrogen and oxygen atoms in total. The van der Waals surface area contributed by atoms with E-state index in [0.29, 0.717) is 17.4 Å². The monoisotopic (exact) mass is 370 g/mol. The van der Waals surface area contributed by atoms with Crippen LogP contribution in [0.1, 0.15) is 12.5 Å². The molecule has 1 aromatic heterocycles. The molecule has 0 fully saturated rings. The summed E-state index contributed by atoms with van der Waals surface area (Å²) in [5.41, 5.74) is 2.58. The molecule has 0 atom stereocenters. The van der Waals surface area contributed by atoms with Gasteiger partial charge in [-0.25, -0.2) is 4.39 Å². The van der Waals surface area contributed by atoms with Crippen LogP contribution in [0.3, 0.4) is 0 Å². The van der Waals surface area contributed by atoms with Crippen LogP contribution in [-0.4, -0.2) is 26.4 Å². The van der Waals surface area contributed by atoms with Crippen LogP contribution in [-0.2, 0) is 11.3 Å². The summed E-state index contributed by atoms with van der Waals surface area (Å²) in [6, 6.07) is 13.9. The Morgan fingerprint density at radius 1 is 1.19 bits per heavy atom. The lowest BCUT2D eigenvalue weighted by molar-refractivity contribution is -0.113. The number of anilines is 1. The first-order chi connectivity index (χ1) is 12.6. The SMILES string of the molecule is CCn1c(SCC(=O)Nc2cccc(F)c2)nnc1-c1cccc(C)c1. The maximum atomic E-state index is 13.2. The number of halogens is 1. The Labute approximate surface area is 155 Å². The van der Waals surface area contributed by atoms with Gasteiger partial charge in [-0.05, 0) is 38.1 Å². The van der Waals surface area contributed by atoms with Gasteiger partial charge in [0, 0.05) is 17.8 Å². The number of carbonyl (C=O) groups excluding carboxylic acids is 1. The van der Waals surface area contributed by atoms with Crippen LogP contribution in [0, 0.1) is 12.7 Å². The Morgan fingerprint density at radius 2 is 2.00 bits per heavy atom. The molecule has 134 valence electrons. The summed E-state index contributed by atoms with van der Waals surface area (Å²) < 4.78 is 15.2. The smallest absolute Gasteiger partial charge is 0.234 e. The highest BCUT2D eigenvalue weighted by Gasteiger charge is 2.14. The highest BCUT2D eigenvalue weighted by atomic mass is 32.2. The molecule has 0 saturated heterocycles. The number of rotatable bonds is 6. The highest BCUT2D eigenvalue weighted by Crippen LogP contribution is 2.24. The molecule has 0 spiro atoms. The van der Waals surface area contributed by atoms with Crippen molar-refractivity contribution in [1.29, 1.82) is 0 Å². The summed E-state index contributed by atoms with van der Waals surface area (Å²) in [5.74, 6) is 0.346. The first-order valence-corrected chi connectivity index (χ1v) is 9.24. The molecule has 0 aliphatic carbocycles. The minimum atomic E-state index is -0.385. The zero-order valence-corrected chi connectivity index (χ0v) is 15.4. The number of carbonyl (C=O) groups is 1. The van der Waals surface area contributed by atoms with E-state index in [2.05, 4.69) is 21.6 Å². The second kappa shape index (κ2) is 8.14. The van der Waals surface area contributed by atoms with Gasteiger partial charge in [0.2, 0.25) is 5.91 Å². The van der Waals surface area contributed by atoms with Gasteiger partial charge in [0.1, 0.15) is 5.82 Å². The van der Waals surface area contributed by atoms with Gasteiger partial charge in [-0.3, -0.25) is 4.79 Å². The largest absolute Gasteiger partial charge is 0.325 e. The molecule has 7 heteroatoms. The van der Waals surface area contributed by atoms with E-state index in [0.717, 1.165) is 17.0 Å². The Hall–Kier alpha value is -2.67. The molecule has 2 aromatic carbocycles. The lowest BCUT2D eigenvalue weighted by atomic mass is 10.1. The number of aromatic nitrogens is 3. The number of hydrogen-bond acceptors (Lipinski definition) is 4. The standard InChI is InChI=1S/C19H19FN4OS/c1-3-24-18(14-7-4-6-13(2)10-14)22-23-19(24)26-12-17(25)21-16-9-5-8-15(20)11-16/h4-11H,3,12H2,1-2H3,(H,21,25). The summed E-state index contributed by atoms with van der Waals surface area (Å²) >= 11 is 1.31. The number of nitrogens with one attached hydrogen (secondary N) is 1. The topological polar surface area (TPSA) is 59.8 Å². The molecule has 26 heavy (non-hydrogen) atoms. The first kappa shape index (κ1) is 18.1. The molecule has 0 radical (unpaired) electrons. The van der Waals surface area contributed by atoms with Crippen molar-refractivity contribution in [3.8, 4) is 11.4 Å². The van der Waals surface area contributed by atoms with E-state index in [4.69, 9.17) is 0 Å². The van der Waals surface area contributed by atoms with Crippen molar-refractivity contribution in [2.24, 2.45) is 0 Å². The number of amides is 1. The van der Waals surface area contributed by atoms with E-state index in [1.807, 2.05) is 36.6 Å². The van der Waals surface area contributed by atoms with Crippen molar-refractivity contribution in [3.63, 3.8) is 0 Å². The molecule has 3 rings (SSSR count). The van der Waals surface area contributed by atoms with Crippen molar-refractivity contribution >= 4 is 23.4 Å². The highest BCUT2D eigenvalue weighted by molar-refractivity contribution is 7.99. The van der Waals surface area contributed by atoms with Crippen molar-refractivity contribution in [1.82, 2.24) is 14.8 Å². The van der Waals surface area contributed by atoms with Gasteiger partial charge in [0.25, 0.3) is 0 Å². The third-order valence-electron chi connectivity index (χ3n) is 3.75. The molecular formula is C19H19FN4OS. The second-order valence-electron chi connectivity index (χ2n) is 5.77.